The van der Waals surface area contributed by atoms with Crippen molar-refractivity contribution in [2.24, 2.45) is 5.92 Å². The molecule has 1 heteroatoms. The summed E-state index contributed by atoms with van der Waals surface area (Å²) in [5, 5.41) is 0. The fraction of sp³-hybridized carbons (Fsp3) is 0.368. The van der Waals surface area contributed by atoms with Crippen LogP contribution in [0.3, 0.4) is 0 Å². The molecule has 20 heavy (non-hydrogen) atoms. The molecule has 0 atom stereocenters. The van der Waals surface area contributed by atoms with E-state index in [2.05, 4.69) is 52.0 Å². The zero-order valence-corrected chi connectivity index (χ0v) is 12.8. The third-order valence-electron chi connectivity index (χ3n) is 4.29. The van der Waals surface area contributed by atoms with Gasteiger partial charge in [0.05, 0.1) is 0 Å². The van der Waals surface area contributed by atoms with Gasteiger partial charge < -0.3 is 4.74 Å². The summed E-state index contributed by atoms with van der Waals surface area (Å²) < 4.78 is 6.14. The van der Waals surface area contributed by atoms with Crippen molar-refractivity contribution < 1.29 is 4.74 Å². The first kappa shape index (κ1) is 13.2. The zero-order chi connectivity index (χ0) is 14.3. The lowest BCUT2D eigenvalue weighted by atomic mass is 9.88. The maximum Gasteiger partial charge on any atom is 0.131 e. The Labute approximate surface area is 121 Å². The average Bonchev–Trinajstić information content (AvgIpc) is 2.42. The number of para-hydroxylation sites is 1. The third-order valence-corrected chi connectivity index (χ3v) is 4.29. The maximum absolute atomic E-state index is 6.14. The van der Waals surface area contributed by atoms with E-state index in [9.17, 15) is 0 Å². The van der Waals surface area contributed by atoms with Crippen LogP contribution in [0.5, 0.6) is 11.5 Å². The van der Waals surface area contributed by atoms with Gasteiger partial charge in [0.2, 0.25) is 0 Å². The standard InChI is InChI=1S/C19H22O/c1-12(2)9-16-11-19-17(14(4)13(16)3)10-15-7-5-6-8-18(15)20-19/h5-8,11-12H,9-10H2,1-4H3. The highest BCUT2D eigenvalue weighted by atomic mass is 16.5. The molecule has 3 rings (SSSR count). The molecule has 2 aromatic carbocycles. The molecule has 1 heterocycles. The number of hydrogen-bond donors (Lipinski definition) is 0. The summed E-state index contributed by atoms with van der Waals surface area (Å²) in [7, 11) is 0. The van der Waals surface area contributed by atoms with Crippen molar-refractivity contribution in [3.63, 3.8) is 0 Å². The summed E-state index contributed by atoms with van der Waals surface area (Å²) in [6.45, 7) is 9.01. The van der Waals surface area contributed by atoms with Gasteiger partial charge in [0.15, 0.2) is 0 Å². The fourth-order valence-electron chi connectivity index (χ4n) is 3.03. The monoisotopic (exact) mass is 266 g/mol. The molecule has 0 fully saturated rings. The second kappa shape index (κ2) is 4.97. The largest absolute Gasteiger partial charge is 0.457 e. The average molecular weight is 266 g/mol. The predicted octanol–water partition coefficient (Wildman–Crippen LogP) is 5.20. The molecule has 0 N–H and O–H groups in total. The van der Waals surface area contributed by atoms with Gasteiger partial charge >= 0.3 is 0 Å². The van der Waals surface area contributed by atoms with Gasteiger partial charge in [0.25, 0.3) is 0 Å². The van der Waals surface area contributed by atoms with Crippen molar-refractivity contribution in [2.75, 3.05) is 0 Å². The quantitative estimate of drug-likeness (QED) is 0.619. The van der Waals surface area contributed by atoms with Gasteiger partial charge in [-0.05, 0) is 60.6 Å². The van der Waals surface area contributed by atoms with Crippen LogP contribution in [-0.4, -0.2) is 0 Å². The minimum atomic E-state index is 0.669. The predicted molar refractivity (Wildman–Crippen MR) is 83.8 cm³/mol. The van der Waals surface area contributed by atoms with Crippen LogP contribution in [0.2, 0.25) is 0 Å². The molecule has 0 spiro atoms. The molecule has 0 aliphatic carbocycles. The van der Waals surface area contributed by atoms with Gasteiger partial charge in [0, 0.05) is 12.0 Å². The molecule has 1 aliphatic rings. The Morgan fingerprint density at radius 3 is 2.55 bits per heavy atom. The first-order valence-corrected chi connectivity index (χ1v) is 7.44. The summed E-state index contributed by atoms with van der Waals surface area (Å²) in [6.07, 6.45) is 2.10. The molecule has 0 bridgehead atoms. The van der Waals surface area contributed by atoms with Crippen molar-refractivity contribution >= 4 is 0 Å². The molecule has 0 unspecified atom stereocenters. The van der Waals surface area contributed by atoms with Crippen LogP contribution in [0.4, 0.5) is 0 Å². The smallest absolute Gasteiger partial charge is 0.131 e. The van der Waals surface area contributed by atoms with E-state index in [1.54, 1.807) is 0 Å². The molecule has 0 saturated heterocycles. The molecule has 0 radical (unpaired) electrons. The van der Waals surface area contributed by atoms with Crippen molar-refractivity contribution in [3.8, 4) is 11.5 Å². The minimum absolute atomic E-state index is 0.669. The second-order valence-corrected chi connectivity index (χ2v) is 6.25. The lowest BCUT2D eigenvalue weighted by molar-refractivity contribution is 0.457. The SMILES string of the molecule is Cc1c(CC(C)C)cc2c(c1C)Cc1ccccc1O2. The van der Waals surface area contributed by atoms with Crippen LogP contribution < -0.4 is 4.74 Å². The fourth-order valence-corrected chi connectivity index (χ4v) is 3.03. The van der Waals surface area contributed by atoms with E-state index in [0.717, 1.165) is 24.3 Å². The Bertz CT molecular complexity index is 653. The minimum Gasteiger partial charge on any atom is -0.457 e. The van der Waals surface area contributed by atoms with Gasteiger partial charge in [-0.1, -0.05) is 32.0 Å². The summed E-state index contributed by atoms with van der Waals surface area (Å²) in [6, 6.07) is 10.6. The molecule has 0 amide bonds. The van der Waals surface area contributed by atoms with E-state index in [1.807, 2.05) is 6.07 Å². The van der Waals surface area contributed by atoms with Crippen molar-refractivity contribution in [1.82, 2.24) is 0 Å². The molecular weight excluding hydrogens is 244 g/mol. The molecular formula is C19H22O. The van der Waals surface area contributed by atoms with E-state index >= 15 is 0 Å². The summed E-state index contributed by atoms with van der Waals surface area (Å²) in [5.74, 6) is 2.74. The van der Waals surface area contributed by atoms with E-state index in [1.165, 1.54) is 27.8 Å². The van der Waals surface area contributed by atoms with Crippen LogP contribution in [-0.2, 0) is 12.8 Å². The third kappa shape index (κ3) is 2.22. The summed E-state index contributed by atoms with van der Waals surface area (Å²) in [5.41, 5.74) is 6.90. The van der Waals surface area contributed by atoms with E-state index in [-0.39, 0.29) is 0 Å². The molecule has 0 saturated carbocycles. The Kier molecular flexibility index (Phi) is 3.29. The first-order valence-electron chi connectivity index (χ1n) is 7.44. The number of rotatable bonds is 2. The zero-order valence-electron chi connectivity index (χ0n) is 12.8. The van der Waals surface area contributed by atoms with E-state index < -0.39 is 0 Å². The lowest BCUT2D eigenvalue weighted by Crippen LogP contribution is -2.08. The first-order chi connectivity index (χ1) is 9.56. The van der Waals surface area contributed by atoms with Gasteiger partial charge in [-0.2, -0.15) is 0 Å². The highest BCUT2D eigenvalue weighted by molar-refractivity contribution is 5.56. The van der Waals surface area contributed by atoms with E-state index in [4.69, 9.17) is 4.74 Å². The van der Waals surface area contributed by atoms with E-state index in [0.29, 0.717) is 5.92 Å². The topological polar surface area (TPSA) is 9.23 Å². The Morgan fingerprint density at radius 1 is 1.05 bits per heavy atom. The number of ether oxygens (including phenoxy) is 1. The van der Waals surface area contributed by atoms with Gasteiger partial charge in [-0.3, -0.25) is 0 Å². The van der Waals surface area contributed by atoms with Crippen LogP contribution in [0, 0.1) is 19.8 Å². The van der Waals surface area contributed by atoms with Crippen LogP contribution in [0.15, 0.2) is 30.3 Å². The van der Waals surface area contributed by atoms with Crippen molar-refractivity contribution in [2.45, 2.75) is 40.5 Å². The van der Waals surface area contributed by atoms with Crippen LogP contribution in [0.25, 0.3) is 0 Å². The Hall–Kier alpha value is -1.76. The normalized spacial score (nSPS) is 12.8. The molecule has 2 aromatic rings. The van der Waals surface area contributed by atoms with Crippen molar-refractivity contribution in [1.29, 1.82) is 0 Å². The van der Waals surface area contributed by atoms with Crippen molar-refractivity contribution in [3.05, 3.63) is 58.1 Å². The molecule has 0 aromatic heterocycles. The van der Waals surface area contributed by atoms with Crippen LogP contribution >= 0.6 is 0 Å². The number of benzene rings is 2. The van der Waals surface area contributed by atoms with Gasteiger partial charge in [-0.15, -0.1) is 0 Å². The number of fused-ring (bicyclic) bond motifs is 2. The summed E-state index contributed by atoms with van der Waals surface area (Å²) >= 11 is 0. The van der Waals surface area contributed by atoms with Gasteiger partial charge in [-0.25, -0.2) is 0 Å². The molecule has 104 valence electrons. The Balaban J connectivity index is 2.07. The van der Waals surface area contributed by atoms with Gasteiger partial charge in [0.1, 0.15) is 11.5 Å². The lowest BCUT2D eigenvalue weighted by Gasteiger charge is -2.25. The molecule has 1 nitrogen and oxygen atoms in total. The Morgan fingerprint density at radius 2 is 1.80 bits per heavy atom. The second-order valence-electron chi connectivity index (χ2n) is 6.25. The molecule has 1 aliphatic heterocycles. The highest BCUT2D eigenvalue weighted by Crippen LogP contribution is 2.40. The van der Waals surface area contributed by atoms with Crippen LogP contribution in [0.1, 0.15) is 41.7 Å². The maximum atomic E-state index is 6.14. The summed E-state index contributed by atoms with van der Waals surface area (Å²) in [4.78, 5) is 0. The number of hydrogen-bond acceptors (Lipinski definition) is 1. The highest BCUT2D eigenvalue weighted by Gasteiger charge is 2.21.